The highest BCUT2D eigenvalue weighted by Crippen LogP contribution is 2.39. The molecule has 198 valence electrons. The van der Waals surface area contributed by atoms with Gasteiger partial charge in [0.05, 0.1) is 11.0 Å². The van der Waals surface area contributed by atoms with Crippen molar-refractivity contribution in [3.8, 4) is 0 Å². The normalized spacial score (nSPS) is 14.9. The quantitative estimate of drug-likeness (QED) is 0.158. The van der Waals surface area contributed by atoms with Gasteiger partial charge in [0.1, 0.15) is 6.54 Å². The van der Waals surface area contributed by atoms with Crippen LogP contribution in [0.1, 0.15) is 39.6 Å². The summed E-state index contributed by atoms with van der Waals surface area (Å²) in [5.41, 5.74) is 4.01. The summed E-state index contributed by atoms with van der Waals surface area (Å²) < 4.78 is 5.17. The summed E-state index contributed by atoms with van der Waals surface area (Å²) in [6.07, 6.45) is 4.40. The van der Waals surface area contributed by atoms with Crippen molar-refractivity contribution in [3.05, 3.63) is 103 Å². The molecule has 0 fully saturated rings. The topological polar surface area (TPSA) is 93.0 Å². The van der Waals surface area contributed by atoms with Gasteiger partial charge in [-0.1, -0.05) is 24.3 Å². The first-order valence-electron chi connectivity index (χ1n) is 12.5. The fourth-order valence-corrected chi connectivity index (χ4v) is 5.62. The molecule has 0 radical (unpaired) electrons. The summed E-state index contributed by atoms with van der Waals surface area (Å²) in [5, 5.41) is 13.0. The van der Waals surface area contributed by atoms with Crippen LogP contribution in [0.5, 0.6) is 0 Å². The van der Waals surface area contributed by atoms with Crippen molar-refractivity contribution >= 4 is 34.9 Å². The number of carbonyl (C=O) groups is 2. The van der Waals surface area contributed by atoms with E-state index in [2.05, 4.69) is 30.5 Å². The van der Waals surface area contributed by atoms with Gasteiger partial charge in [0.25, 0.3) is 5.69 Å². The first kappa shape index (κ1) is 27.2. The number of amides is 2. The third-order valence-electron chi connectivity index (χ3n) is 6.71. The third-order valence-corrected chi connectivity index (χ3v) is 7.70. The molecule has 8 nitrogen and oxygen atoms in total. The third kappa shape index (κ3) is 6.35. The number of carbonyl (C=O) groups excluding carboxylic acids is 2. The van der Waals surface area contributed by atoms with Gasteiger partial charge >= 0.3 is 0 Å². The summed E-state index contributed by atoms with van der Waals surface area (Å²) >= 11 is 1.72. The van der Waals surface area contributed by atoms with Gasteiger partial charge in [-0.05, 0) is 71.7 Å². The Bertz CT molecular complexity index is 1320. The first-order chi connectivity index (χ1) is 18.4. The van der Waals surface area contributed by atoms with Gasteiger partial charge in [-0.15, -0.1) is 11.3 Å². The second-order valence-electron chi connectivity index (χ2n) is 9.18. The Labute approximate surface area is 226 Å². The van der Waals surface area contributed by atoms with Crippen LogP contribution in [0.2, 0.25) is 0 Å². The molecule has 1 atom stereocenters. The number of hydrogen-bond acceptors (Lipinski definition) is 6. The minimum absolute atomic E-state index is 0.0150. The molecule has 1 unspecified atom stereocenters. The van der Waals surface area contributed by atoms with E-state index < -0.39 is 4.92 Å². The number of thiophene rings is 1. The number of nitrogens with zero attached hydrogens (tertiary/aromatic N) is 3. The highest BCUT2D eigenvalue weighted by Gasteiger charge is 2.34. The lowest BCUT2D eigenvalue weighted by atomic mass is 9.90. The molecule has 4 rings (SSSR count). The van der Waals surface area contributed by atoms with E-state index >= 15 is 0 Å². The maximum atomic E-state index is 13.8. The van der Waals surface area contributed by atoms with Gasteiger partial charge in [0.2, 0.25) is 11.8 Å². The van der Waals surface area contributed by atoms with Gasteiger partial charge in [-0.2, -0.15) is 0 Å². The molecule has 2 heterocycles. The largest absolute Gasteiger partial charge is 0.385 e. The van der Waals surface area contributed by atoms with Crippen molar-refractivity contribution in [1.29, 1.82) is 0 Å². The maximum Gasteiger partial charge on any atom is 0.269 e. The van der Waals surface area contributed by atoms with Crippen molar-refractivity contribution in [3.63, 3.8) is 0 Å². The van der Waals surface area contributed by atoms with Crippen LogP contribution >= 0.6 is 11.3 Å². The van der Waals surface area contributed by atoms with Crippen molar-refractivity contribution in [1.82, 2.24) is 9.80 Å². The second kappa shape index (κ2) is 12.6. The molecule has 0 saturated carbocycles. The van der Waals surface area contributed by atoms with Crippen molar-refractivity contribution in [2.75, 3.05) is 33.4 Å². The number of ether oxygens (including phenoxy) is 1. The maximum absolute atomic E-state index is 13.8. The van der Waals surface area contributed by atoms with Gasteiger partial charge < -0.3 is 14.5 Å². The van der Waals surface area contributed by atoms with Crippen molar-refractivity contribution < 1.29 is 19.2 Å². The number of rotatable bonds is 10. The van der Waals surface area contributed by atoms with Crippen molar-refractivity contribution in [2.24, 2.45) is 0 Å². The number of non-ortho nitro benzene ring substituents is 1. The zero-order valence-corrected chi connectivity index (χ0v) is 22.4. The smallest absolute Gasteiger partial charge is 0.269 e. The molecule has 1 aliphatic heterocycles. The zero-order chi connectivity index (χ0) is 27.1. The van der Waals surface area contributed by atoms with E-state index in [1.807, 2.05) is 17.0 Å². The van der Waals surface area contributed by atoms with Crippen LogP contribution in [0.3, 0.4) is 0 Å². The van der Waals surface area contributed by atoms with Crippen LogP contribution in [0.25, 0.3) is 6.08 Å². The fourth-order valence-electron chi connectivity index (χ4n) is 4.72. The Kier molecular flexibility index (Phi) is 9.04. The van der Waals surface area contributed by atoms with E-state index in [0.29, 0.717) is 31.7 Å². The van der Waals surface area contributed by atoms with Crippen LogP contribution in [0, 0.1) is 17.0 Å². The van der Waals surface area contributed by atoms with Crippen LogP contribution in [0.4, 0.5) is 5.69 Å². The Morgan fingerprint density at radius 1 is 1.16 bits per heavy atom. The lowest BCUT2D eigenvalue weighted by Gasteiger charge is -2.38. The van der Waals surface area contributed by atoms with Crippen molar-refractivity contribution in [2.45, 2.75) is 25.8 Å². The molecule has 2 aromatic carbocycles. The molecule has 2 amide bonds. The van der Waals surface area contributed by atoms with E-state index in [-0.39, 0.29) is 30.1 Å². The Morgan fingerprint density at radius 2 is 1.92 bits per heavy atom. The number of nitro groups is 1. The summed E-state index contributed by atoms with van der Waals surface area (Å²) in [4.78, 5) is 42.1. The van der Waals surface area contributed by atoms with Gasteiger partial charge in [0.15, 0.2) is 0 Å². The highest BCUT2D eigenvalue weighted by atomic mass is 32.1. The first-order valence-corrected chi connectivity index (χ1v) is 13.4. The Balaban J connectivity index is 1.54. The lowest BCUT2D eigenvalue weighted by Crippen LogP contribution is -2.47. The number of aryl methyl sites for hydroxylation is 1. The second-order valence-corrected chi connectivity index (χ2v) is 10.2. The molecule has 38 heavy (non-hydrogen) atoms. The predicted octanol–water partition coefficient (Wildman–Crippen LogP) is 5.02. The number of fused-ring (bicyclic) bond motifs is 1. The molecule has 0 saturated heterocycles. The minimum Gasteiger partial charge on any atom is -0.385 e. The molecule has 0 aliphatic carbocycles. The molecular weight excluding hydrogens is 502 g/mol. The molecule has 0 bridgehead atoms. The number of hydrogen-bond donors (Lipinski definition) is 0. The van der Waals surface area contributed by atoms with E-state index in [1.165, 1.54) is 23.1 Å². The monoisotopic (exact) mass is 533 g/mol. The van der Waals surface area contributed by atoms with Crippen LogP contribution in [-0.2, 0) is 20.7 Å². The average Bonchev–Trinajstić information content (AvgIpc) is 3.40. The molecule has 3 aromatic rings. The number of nitro benzene ring substituents is 1. The standard InChI is InChI=1S/C29H31N3O5S/c1-21-6-3-4-7-24(21)29-25-15-19-38-26(25)14-17-31(29)28(34)20-30(16-5-18-37-2)27(33)13-10-22-8-11-23(12-9-22)32(35)36/h3-4,6-13,15,19,29H,5,14,16-18,20H2,1-2H3. The Morgan fingerprint density at radius 3 is 2.63 bits per heavy atom. The molecule has 9 heteroatoms. The Hall–Kier alpha value is -3.82. The zero-order valence-electron chi connectivity index (χ0n) is 21.5. The SMILES string of the molecule is COCCCN(CC(=O)N1CCc2sccc2C1c1ccccc1C)C(=O)C=Cc1ccc([N+](=O)[O-])cc1. The summed E-state index contributed by atoms with van der Waals surface area (Å²) in [6.45, 7) is 3.44. The summed E-state index contributed by atoms with van der Waals surface area (Å²) in [6, 6.07) is 16.0. The van der Waals surface area contributed by atoms with E-state index in [0.717, 1.165) is 23.1 Å². The van der Waals surface area contributed by atoms with Crippen LogP contribution in [-0.4, -0.2) is 59.9 Å². The van der Waals surface area contributed by atoms with E-state index in [9.17, 15) is 19.7 Å². The fraction of sp³-hybridized carbons (Fsp3) is 0.310. The van der Waals surface area contributed by atoms with Gasteiger partial charge in [-0.25, -0.2) is 0 Å². The molecule has 1 aromatic heterocycles. The summed E-state index contributed by atoms with van der Waals surface area (Å²) in [7, 11) is 1.60. The van der Waals surface area contributed by atoms with E-state index in [4.69, 9.17) is 4.74 Å². The van der Waals surface area contributed by atoms with Crippen LogP contribution < -0.4 is 0 Å². The molecule has 0 N–H and O–H groups in total. The minimum atomic E-state index is -0.467. The van der Waals surface area contributed by atoms with Gasteiger partial charge in [-0.3, -0.25) is 19.7 Å². The molecule has 1 aliphatic rings. The molecule has 0 spiro atoms. The lowest BCUT2D eigenvalue weighted by molar-refractivity contribution is -0.384. The number of benzene rings is 2. The predicted molar refractivity (Wildman–Crippen MR) is 148 cm³/mol. The number of methoxy groups -OCH3 is 1. The summed E-state index contributed by atoms with van der Waals surface area (Å²) in [5.74, 6) is -0.405. The average molecular weight is 534 g/mol. The van der Waals surface area contributed by atoms with Gasteiger partial charge in [0, 0.05) is 49.9 Å². The van der Waals surface area contributed by atoms with E-state index in [1.54, 1.807) is 41.6 Å². The molecular formula is C29H31N3O5S. The highest BCUT2D eigenvalue weighted by molar-refractivity contribution is 7.10. The van der Waals surface area contributed by atoms with Crippen LogP contribution in [0.15, 0.2) is 66.1 Å².